The minimum absolute atomic E-state index is 0.0539. The second-order valence-electron chi connectivity index (χ2n) is 7.90. The number of anilines is 1. The first-order valence-electron chi connectivity index (χ1n) is 11.1. The number of carbonyl (C=O) groups excluding carboxylic acids is 2. The van der Waals surface area contributed by atoms with Crippen molar-refractivity contribution >= 4 is 50.7 Å². The highest BCUT2D eigenvalue weighted by atomic mass is 35.5. The molecule has 2 aromatic carbocycles. The summed E-state index contributed by atoms with van der Waals surface area (Å²) in [5, 5.41) is 3.52. The molecule has 186 valence electrons. The van der Waals surface area contributed by atoms with Crippen molar-refractivity contribution in [3.63, 3.8) is 0 Å². The van der Waals surface area contributed by atoms with E-state index in [2.05, 4.69) is 5.32 Å². The average Bonchev–Trinajstić information content (AvgIpc) is 2.78. The maximum atomic E-state index is 13.6. The summed E-state index contributed by atoms with van der Waals surface area (Å²) >= 11 is 12.6. The fraction of sp³-hybridized carbons (Fsp3) is 0.417. The van der Waals surface area contributed by atoms with Gasteiger partial charge in [0, 0.05) is 18.1 Å². The minimum atomic E-state index is -3.85. The predicted molar refractivity (Wildman–Crippen MR) is 138 cm³/mol. The van der Waals surface area contributed by atoms with Crippen molar-refractivity contribution < 1.29 is 18.0 Å². The van der Waals surface area contributed by atoms with Crippen LogP contribution in [0.15, 0.2) is 48.5 Å². The van der Waals surface area contributed by atoms with Gasteiger partial charge in [-0.1, -0.05) is 73.8 Å². The Hall–Kier alpha value is -2.29. The highest BCUT2D eigenvalue weighted by molar-refractivity contribution is 7.92. The Labute approximate surface area is 212 Å². The van der Waals surface area contributed by atoms with E-state index in [1.165, 1.54) is 11.0 Å². The minimum Gasteiger partial charge on any atom is -0.354 e. The van der Waals surface area contributed by atoms with Gasteiger partial charge in [0.05, 0.1) is 17.0 Å². The van der Waals surface area contributed by atoms with Crippen LogP contribution >= 0.6 is 23.2 Å². The van der Waals surface area contributed by atoms with E-state index in [4.69, 9.17) is 23.2 Å². The Balaban J connectivity index is 2.43. The lowest BCUT2D eigenvalue weighted by Gasteiger charge is -2.33. The van der Waals surface area contributed by atoms with Gasteiger partial charge in [0.2, 0.25) is 21.8 Å². The molecule has 0 fully saturated rings. The molecule has 1 N–H and O–H groups in total. The second kappa shape index (κ2) is 13.0. The van der Waals surface area contributed by atoms with Gasteiger partial charge in [0.15, 0.2) is 0 Å². The van der Waals surface area contributed by atoms with Crippen LogP contribution in [0.4, 0.5) is 5.69 Å². The number of benzene rings is 2. The van der Waals surface area contributed by atoms with E-state index < -0.39 is 28.5 Å². The van der Waals surface area contributed by atoms with Gasteiger partial charge in [0.1, 0.15) is 12.6 Å². The lowest BCUT2D eigenvalue weighted by Crippen LogP contribution is -2.52. The molecule has 0 spiro atoms. The van der Waals surface area contributed by atoms with E-state index >= 15 is 0 Å². The molecular formula is C24H31Cl2N3O4S. The summed E-state index contributed by atoms with van der Waals surface area (Å²) in [6, 6.07) is 12.6. The van der Waals surface area contributed by atoms with Gasteiger partial charge in [-0.2, -0.15) is 0 Å². The van der Waals surface area contributed by atoms with Crippen LogP contribution in [-0.2, 0) is 26.2 Å². The van der Waals surface area contributed by atoms with E-state index in [1.807, 2.05) is 6.92 Å². The molecule has 2 rings (SSSR count). The number of rotatable bonds is 12. The topological polar surface area (TPSA) is 86.8 Å². The van der Waals surface area contributed by atoms with Crippen LogP contribution in [0.25, 0.3) is 0 Å². The monoisotopic (exact) mass is 527 g/mol. The van der Waals surface area contributed by atoms with Crippen LogP contribution in [0, 0.1) is 0 Å². The second-order valence-corrected chi connectivity index (χ2v) is 10.6. The zero-order chi connectivity index (χ0) is 25.3. The standard InChI is InChI=1S/C24H31Cl2N3O4S/c1-4-6-15-27-24(31)21(5-2)28(16-18-11-7-8-12-19(18)25)23(30)17-29(34(3,32)33)22-14-10-9-13-20(22)26/h7-14,21H,4-6,15-17H2,1-3H3,(H,27,31)/t21-/m1/s1. The molecule has 0 bridgehead atoms. The Bertz CT molecular complexity index is 1100. The maximum absolute atomic E-state index is 13.6. The summed E-state index contributed by atoms with van der Waals surface area (Å²) in [6.45, 7) is 3.86. The number of nitrogens with zero attached hydrogens (tertiary/aromatic N) is 2. The van der Waals surface area contributed by atoms with Crippen LogP contribution in [0.2, 0.25) is 10.0 Å². The van der Waals surface area contributed by atoms with Crippen molar-refractivity contribution in [1.29, 1.82) is 0 Å². The molecule has 0 aromatic heterocycles. The van der Waals surface area contributed by atoms with Gasteiger partial charge < -0.3 is 10.2 Å². The quantitative estimate of drug-likeness (QED) is 0.412. The third kappa shape index (κ3) is 7.61. The van der Waals surface area contributed by atoms with E-state index in [9.17, 15) is 18.0 Å². The van der Waals surface area contributed by atoms with Crippen LogP contribution in [-0.4, -0.2) is 50.5 Å². The van der Waals surface area contributed by atoms with Crippen molar-refractivity contribution in [2.75, 3.05) is 23.7 Å². The molecule has 0 aliphatic rings. The molecule has 0 aliphatic heterocycles. The van der Waals surface area contributed by atoms with Crippen molar-refractivity contribution in [2.24, 2.45) is 0 Å². The van der Waals surface area contributed by atoms with E-state index in [1.54, 1.807) is 49.4 Å². The van der Waals surface area contributed by atoms with Crippen LogP contribution in [0.1, 0.15) is 38.7 Å². The molecule has 1 atom stereocenters. The molecule has 0 saturated heterocycles. The van der Waals surface area contributed by atoms with E-state index in [-0.39, 0.29) is 23.2 Å². The zero-order valence-electron chi connectivity index (χ0n) is 19.6. The molecule has 0 heterocycles. The van der Waals surface area contributed by atoms with Crippen molar-refractivity contribution in [1.82, 2.24) is 10.2 Å². The number of sulfonamides is 1. The van der Waals surface area contributed by atoms with Gasteiger partial charge in [-0.3, -0.25) is 13.9 Å². The molecule has 0 radical (unpaired) electrons. The number of hydrogen-bond donors (Lipinski definition) is 1. The Kier molecular flexibility index (Phi) is 10.7. The number of nitrogens with one attached hydrogen (secondary N) is 1. The first-order valence-corrected chi connectivity index (χ1v) is 13.7. The van der Waals surface area contributed by atoms with E-state index in [0.29, 0.717) is 23.6 Å². The lowest BCUT2D eigenvalue weighted by atomic mass is 10.1. The fourth-order valence-corrected chi connectivity index (χ4v) is 4.83. The number of halogens is 2. The SMILES string of the molecule is CCCCNC(=O)[C@@H](CC)N(Cc1ccccc1Cl)C(=O)CN(c1ccccc1Cl)S(C)(=O)=O. The molecule has 0 unspecified atom stereocenters. The van der Waals surface area contributed by atoms with Gasteiger partial charge in [-0.05, 0) is 36.6 Å². The first-order chi connectivity index (χ1) is 16.1. The summed E-state index contributed by atoms with van der Waals surface area (Å²) in [7, 11) is -3.85. The fourth-order valence-electron chi connectivity index (χ4n) is 3.48. The highest BCUT2D eigenvalue weighted by Gasteiger charge is 2.32. The van der Waals surface area contributed by atoms with Crippen LogP contribution < -0.4 is 9.62 Å². The summed E-state index contributed by atoms with van der Waals surface area (Å²) in [5.74, 6) is -0.831. The number of para-hydroxylation sites is 1. The molecule has 2 aromatic rings. The molecule has 2 amide bonds. The van der Waals surface area contributed by atoms with E-state index in [0.717, 1.165) is 23.4 Å². The van der Waals surface area contributed by atoms with Crippen molar-refractivity contribution in [3.8, 4) is 0 Å². The van der Waals surface area contributed by atoms with Crippen molar-refractivity contribution in [2.45, 2.75) is 45.7 Å². The van der Waals surface area contributed by atoms with Crippen molar-refractivity contribution in [3.05, 3.63) is 64.1 Å². The lowest BCUT2D eigenvalue weighted by molar-refractivity contribution is -0.140. The summed E-state index contributed by atoms with van der Waals surface area (Å²) in [6.07, 6.45) is 3.09. The summed E-state index contributed by atoms with van der Waals surface area (Å²) in [5.41, 5.74) is 0.846. The number of hydrogen-bond acceptors (Lipinski definition) is 4. The van der Waals surface area contributed by atoms with Gasteiger partial charge in [-0.25, -0.2) is 8.42 Å². The molecule has 0 aliphatic carbocycles. The number of carbonyl (C=O) groups is 2. The molecular weight excluding hydrogens is 497 g/mol. The molecule has 10 heteroatoms. The normalized spacial score (nSPS) is 12.1. The Morgan fingerprint density at radius 2 is 1.62 bits per heavy atom. The molecule has 34 heavy (non-hydrogen) atoms. The van der Waals surface area contributed by atoms with Crippen LogP contribution in [0.3, 0.4) is 0 Å². The van der Waals surface area contributed by atoms with Gasteiger partial charge in [-0.15, -0.1) is 0 Å². The molecule has 0 saturated carbocycles. The number of unbranched alkanes of at least 4 members (excludes halogenated alkanes) is 1. The van der Waals surface area contributed by atoms with Gasteiger partial charge >= 0.3 is 0 Å². The third-order valence-electron chi connectivity index (χ3n) is 5.31. The zero-order valence-corrected chi connectivity index (χ0v) is 22.0. The van der Waals surface area contributed by atoms with Crippen LogP contribution in [0.5, 0.6) is 0 Å². The highest BCUT2D eigenvalue weighted by Crippen LogP contribution is 2.28. The van der Waals surface area contributed by atoms with Gasteiger partial charge in [0.25, 0.3) is 0 Å². The first kappa shape index (κ1) is 28.0. The summed E-state index contributed by atoms with van der Waals surface area (Å²) < 4.78 is 26.2. The number of amides is 2. The maximum Gasteiger partial charge on any atom is 0.244 e. The molecule has 7 nitrogen and oxygen atoms in total. The average molecular weight is 529 g/mol. The Morgan fingerprint density at radius 1 is 1.00 bits per heavy atom. The summed E-state index contributed by atoms with van der Waals surface area (Å²) in [4.78, 5) is 28.0. The largest absolute Gasteiger partial charge is 0.354 e. The predicted octanol–water partition coefficient (Wildman–Crippen LogP) is 4.48. The smallest absolute Gasteiger partial charge is 0.244 e. The third-order valence-corrected chi connectivity index (χ3v) is 7.13. The Morgan fingerprint density at radius 3 is 2.18 bits per heavy atom.